The predicted molar refractivity (Wildman–Crippen MR) is 94.6 cm³/mol. The first-order valence-electron chi connectivity index (χ1n) is 7.91. The highest BCUT2D eigenvalue weighted by Gasteiger charge is 2.27. The predicted octanol–water partition coefficient (Wildman–Crippen LogP) is 1.57. The van der Waals surface area contributed by atoms with E-state index in [4.69, 9.17) is 0 Å². The summed E-state index contributed by atoms with van der Waals surface area (Å²) in [5, 5.41) is 3.33. The van der Waals surface area contributed by atoms with E-state index in [1.54, 1.807) is 29.2 Å². The molecular weight excluding hydrogens is 372 g/mol. The highest BCUT2D eigenvalue weighted by atomic mass is 79.9. The SMILES string of the molecule is O=C(CCn1cc(Br)ccc1=O)N1CCNCC1c1cccnc1. The van der Waals surface area contributed by atoms with Crippen molar-refractivity contribution in [1.29, 1.82) is 0 Å². The number of hydrogen-bond donors (Lipinski definition) is 1. The number of hydrogen-bond acceptors (Lipinski definition) is 4. The quantitative estimate of drug-likeness (QED) is 0.860. The number of carbonyl (C=O) groups is 1. The van der Waals surface area contributed by atoms with Crippen molar-refractivity contribution >= 4 is 21.8 Å². The fourth-order valence-corrected chi connectivity index (χ4v) is 3.29. The molecule has 3 rings (SSSR count). The Hall–Kier alpha value is -1.99. The highest BCUT2D eigenvalue weighted by molar-refractivity contribution is 9.10. The molecule has 1 aliphatic heterocycles. The van der Waals surface area contributed by atoms with Gasteiger partial charge < -0.3 is 14.8 Å². The van der Waals surface area contributed by atoms with Crippen LogP contribution in [0.25, 0.3) is 0 Å². The van der Waals surface area contributed by atoms with Gasteiger partial charge in [-0.05, 0) is 33.6 Å². The summed E-state index contributed by atoms with van der Waals surface area (Å²) in [6.07, 6.45) is 5.54. The molecule has 24 heavy (non-hydrogen) atoms. The van der Waals surface area contributed by atoms with Crippen molar-refractivity contribution in [2.75, 3.05) is 19.6 Å². The molecule has 3 heterocycles. The summed E-state index contributed by atoms with van der Waals surface area (Å²) in [4.78, 5) is 30.6. The third-order valence-electron chi connectivity index (χ3n) is 4.15. The standard InChI is InChI=1S/C17H19BrN4O2/c18-14-3-4-16(23)21(12-14)8-5-17(24)22-9-7-20-11-15(22)13-2-1-6-19-10-13/h1-4,6,10,12,15,20H,5,7-9,11H2. The van der Waals surface area contributed by atoms with Gasteiger partial charge in [-0.2, -0.15) is 0 Å². The van der Waals surface area contributed by atoms with Crippen LogP contribution in [-0.4, -0.2) is 40.0 Å². The number of rotatable bonds is 4. The molecule has 2 aromatic heterocycles. The zero-order chi connectivity index (χ0) is 16.9. The van der Waals surface area contributed by atoms with Gasteiger partial charge in [-0.15, -0.1) is 0 Å². The van der Waals surface area contributed by atoms with Crippen molar-refractivity contribution in [1.82, 2.24) is 19.8 Å². The average Bonchev–Trinajstić information content (AvgIpc) is 2.63. The lowest BCUT2D eigenvalue weighted by Crippen LogP contribution is -2.49. The molecule has 6 nitrogen and oxygen atoms in total. The highest BCUT2D eigenvalue weighted by Crippen LogP contribution is 2.22. The van der Waals surface area contributed by atoms with Crippen LogP contribution >= 0.6 is 15.9 Å². The molecule has 7 heteroatoms. The van der Waals surface area contributed by atoms with E-state index in [-0.39, 0.29) is 17.5 Å². The van der Waals surface area contributed by atoms with Crippen LogP contribution in [0.2, 0.25) is 0 Å². The van der Waals surface area contributed by atoms with Gasteiger partial charge in [-0.25, -0.2) is 0 Å². The van der Waals surface area contributed by atoms with Crippen LogP contribution in [0, 0.1) is 0 Å². The topological polar surface area (TPSA) is 67.2 Å². The Bertz CT molecular complexity index is 763. The van der Waals surface area contributed by atoms with Gasteiger partial charge in [0.2, 0.25) is 5.91 Å². The zero-order valence-corrected chi connectivity index (χ0v) is 14.8. The molecule has 1 saturated heterocycles. The molecule has 0 spiro atoms. The second-order valence-corrected chi connectivity index (χ2v) is 6.64. The lowest BCUT2D eigenvalue weighted by Gasteiger charge is -2.36. The fraction of sp³-hybridized carbons (Fsp3) is 0.353. The molecule has 2 aromatic rings. The van der Waals surface area contributed by atoms with Crippen LogP contribution in [-0.2, 0) is 11.3 Å². The Morgan fingerprint density at radius 2 is 2.25 bits per heavy atom. The second kappa shape index (κ2) is 7.72. The second-order valence-electron chi connectivity index (χ2n) is 5.72. The van der Waals surface area contributed by atoms with Crippen LogP contribution in [0.15, 0.2) is 52.1 Å². The normalized spacial score (nSPS) is 17.7. The molecule has 0 aliphatic carbocycles. The van der Waals surface area contributed by atoms with E-state index in [0.29, 0.717) is 26.1 Å². The van der Waals surface area contributed by atoms with Crippen LogP contribution in [0.1, 0.15) is 18.0 Å². The molecule has 1 aliphatic rings. The number of halogens is 1. The van der Waals surface area contributed by atoms with Crippen LogP contribution in [0.4, 0.5) is 0 Å². The molecule has 0 radical (unpaired) electrons. The minimum Gasteiger partial charge on any atom is -0.333 e. The third kappa shape index (κ3) is 3.91. The van der Waals surface area contributed by atoms with Gasteiger partial charge in [0.1, 0.15) is 0 Å². The largest absolute Gasteiger partial charge is 0.333 e. The maximum atomic E-state index is 12.7. The van der Waals surface area contributed by atoms with Gasteiger partial charge in [0.25, 0.3) is 5.56 Å². The number of carbonyl (C=O) groups excluding carboxylic acids is 1. The van der Waals surface area contributed by atoms with Gasteiger partial charge in [-0.1, -0.05) is 6.07 Å². The number of piperazine rings is 1. The number of amides is 1. The summed E-state index contributed by atoms with van der Waals surface area (Å²) in [6, 6.07) is 7.06. The molecule has 0 aromatic carbocycles. The van der Waals surface area contributed by atoms with Crippen LogP contribution < -0.4 is 10.9 Å². The minimum absolute atomic E-state index is 0.0146. The number of nitrogens with one attached hydrogen (secondary N) is 1. The Balaban J connectivity index is 1.70. The average molecular weight is 391 g/mol. The molecule has 1 fully saturated rings. The lowest BCUT2D eigenvalue weighted by molar-refractivity contribution is -0.134. The fourth-order valence-electron chi connectivity index (χ4n) is 2.91. The first-order valence-corrected chi connectivity index (χ1v) is 8.70. The van der Waals surface area contributed by atoms with Crippen LogP contribution in [0.5, 0.6) is 0 Å². The van der Waals surface area contributed by atoms with E-state index in [0.717, 1.165) is 16.6 Å². The first-order chi connectivity index (χ1) is 11.6. The molecule has 1 unspecified atom stereocenters. The number of aromatic nitrogens is 2. The molecule has 1 N–H and O–H groups in total. The molecule has 0 saturated carbocycles. The third-order valence-corrected chi connectivity index (χ3v) is 4.62. The van der Waals surface area contributed by atoms with Gasteiger partial charge in [0.15, 0.2) is 0 Å². The summed E-state index contributed by atoms with van der Waals surface area (Å²) in [5.74, 6) is 0.0530. The van der Waals surface area contributed by atoms with E-state index in [1.165, 1.54) is 6.07 Å². The van der Waals surface area contributed by atoms with E-state index in [1.807, 2.05) is 17.0 Å². The number of nitrogens with zero attached hydrogens (tertiary/aromatic N) is 3. The summed E-state index contributed by atoms with van der Waals surface area (Å²) >= 11 is 3.35. The lowest BCUT2D eigenvalue weighted by atomic mass is 10.0. The maximum Gasteiger partial charge on any atom is 0.250 e. The van der Waals surface area contributed by atoms with E-state index in [9.17, 15) is 9.59 Å². The van der Waals surface area contributed by atoms with Crippen molar-refractivity contribution in [3.05, 3.63) is 63.2 Å². The molecule has 126 valence electrons. The Morgan fingerprint density at radius 3 is 3.04 bits per heavy atom. The molecular formula is C17H19BrN4O2. The van der Waals surface area contributed by atoms with E-state index < -0.39 is 0 Å². The molecule has 0 bridgehead atoms. The van der Waals surface area contributed by atoms with E-state index >= 15 is 0 Å². The smallest absolute Gasteiger partial charge is 0.250 e. The summed E-state index contributed by atoms with van der Waals surface area (Å²) < 4.78 is 2.38. The van der Waals surface area contributed by atoms with Crippen molar-refractivity contribution in [3.63, 3.8) is 0 Å². The Morgan fingerprint density at radius 1 is 1.38 bits per heavy atom. The van der Waals surface area contributed by atoms with E-state index in [2.05, 4.69) is 26.2 Å². The van der Waals surface area contributed by atoms with Crippen molar-refractivity contribution in [3.8, 4) is 0 Å². The number of pyridine rings is 2. The summed E-state index contributed by atoms with van der Waals surface area (Å²) in [6.45, 7) is 2.53. The Labute approximate surface area is 148 Å². The van der Waals surface area contributed by atoms with Gasteiger partial charge in [0.05, 0.1) is 6.04 Å². The van der Waals surface area contributed by atoms with Gasteiger partial charge >= 0.3 is 0 Å². The van der Waals surface area contributed by atoms with Crippen molar-refractivity contribution in [2.24, 2.45) is 0 Å². The van der Waals surface area contributed by atoms with Crippen LogP contribution in [0.3, 0.4) is 0 Å². The van der Waals surface area contributed by atoms with Gasteiger partial charge in [-0.3, -0.25) is 14.6 Å². The monoisotopic (exact) mass is 390 g/mol. The molecule has 1 amide bonds. The summed E-state index contributed by atoms with van der Waals surface area (Å²) in [7, 11) is 0. The van der Waals surface area contributed by atoms with Gasteiger partial charge in [0, 0.05) is 61.7 Å². The minimum atomic E-state index is -0.102. The zero-order valence-electron chi connectivity index (χ0n) is 13.2. The maximum absolute atomic E-state index is 12.7. The Kier molecular flexibility index (Phi) is 5.42. The summed E-state index contributed by atoms with van der Waals surface area (Å²) in [5.41, 5.74) is 0.924. The molecule has 1 atom stereocenters. The van der Waals surface area contributed by atoms with Crippen molar-refractivity contribution < 1.29 is 4.79 Å². The number of aryl methyl sites for hydroxylation is 1. The van der Waals surface area contributed by atoms with Crippen molar-refractivity contribution in [2.45, 2.75) is 19.0 Å². The first kappa shape index (κ1) is 16.9.